The molecule has 0 bridgehead atoms. The first-order valence-electron chi connectivity index (χ1n) is 5.03. The van der Waals surface area contributed by atoms with Crippen molar-refractivity contribution in [2.75, 3.05) is 0 Å². The van der Waals surface area contributed by atoms with Gasteiger partial charge in [0.1, 0.15) is 0 Å². The van der Waals surface area contributed by atoms with Crippen molar-refractivity contribution in [3.05, 3.63) is 41.7 Å². The van der Waals surface area contributed by atoms with Crippen LogP contribution >= 0.6 is 0 Å². The van der Waals surface area contributed by atoms with Crippen molar-refractivity contribution in [1.29, 1.82) is 0 Å². The van der Waals surface area contributed by atoms with Crippen LogP contribution in [0.3, 0.4) is 0 Å². The van der Waals surface area contributed by atoms with Crippen molar-refractivity contribution in [2.45, 2.75) is 26.7 Å². The van der Waals surface area contributed by atoms with Crippen LogP contribution < -0.4 is 0 Å². The Labute approximate surface area is 84.8 Å². The first kappa shape index (κ1) is 9.20. The van der Waals surface area contributed by atoms with Gasteiger partial charge in [-0.2, -0.15) is 0 Å². The van der Waals surface area contributed by atoms with Gasteiger partial charge in [0.2, 0.25) is 0 Å². The molecule has 0 aliphatic carbocycles. The summed E-state index contributed by atoms with van der Waals surface area (Å²) in [5, 5.41) is 2.58. The van der Waals surface area contributed by atoms with Crippen LogP contribution in [0.1, 0.15) is 30.9 Å². The fraction of sp³-hybridized carbons (Fsp3) is 0.308. The zero-order valence-corrected chi connectivity index (χ0v) is 8.91. The van der Waals surface area contributed by atoms with Crippen molar-refractivity contribution in [1.82, 2.24) is 4.98 Å². The summed E-state index contributed by atoms with van der Waals surface area (Å²) in [5.41, 5.74) is 2.73. The lowest BCUT2D eigenvalue weighted by molar-refractivity contribution is 0.874. The second kappa shape index (κ2) is 3.41. The number of aromatic nitrogens is 1. The summed E-state index contributed by atoms with van der Waals surface area (Å²) in [6.45, 7) is 6.60. The number of rotatable bonds is 1. The van der Waals surface area contributed by atoms with Crippen molar-refractivity contribution in [2.24, 2.45) is 0 Å². The molecule has 72 valence electrons. The molecule has 0 N–H and O–H groups in total. The zero-order chi connectivity index (χ0) is 10.1. The SMILES string of the molecule is Cc1cc(C(C)C)c2ccncc2c1. The highest BCUT2D eigenvalue weighted by molar-refractivity contribution is 5.86. The molecule has 2 rings (SSSR count). The van der Waals surface area contributed by atoms with Gasteiger partial charge in [-0.3, -0.25) is 4.98 Å². The first-order valence-corrected chi connectivity index (χ1v) is 5.03. The largest absolute Gasteiger partial charge is 0.264 e. The summed E-state index contributed by atoms with van der Waals surface area (Å²) in [7, 11) is 0. The van der Waals surface area contributed by atoms with Crippen LogP contribution in [0.5, 0.6) is 0 Å². The second-order valence-electron chi connectivity index (χ2n) is 4.11. The Kier molecular flexibility index (Phi) is 2.24. The van der Waals surface area contributed by atoms with E-state index in [0.717, 1.165) is 0 Å². The zero-order valence-electron chi connectivity index (χ0n) is 8.91. The molecule has 1 aromatic heterocycles. The first-order chi connectivity index (χ1) is 6.68. The van der Waals surface area contributed by atoms with Gasteiger partial charge in [-0.1, -0.05) is 25.5 Å². The number of nitrogens with zero attached hydrogens (tertiary/aromatic N) is 1. The average molecular weight is 185 g/mol. The number of pyridine rings is 1. The maximum atomic E-state index is 4.15. The normalized spacial score (nSPS) is 11.1. The summed E-state index contributed by atoms with van der Waals surface area (Å²) in [4.78, 5) is 4.15. The molecule has 0 radical (unpaired) electrons. The van der Waals surface area contributed by atoms with Gasteiger partial charge in [0.05, 0.1) is 0 Å². The highest BCUT2D eigenvalue weighted by Gasteiger charge is 2.05. The molecule has 0 amide bonds. The molecule has 1 aromatic carbocycles. The van der Waals surface area contributed by atoms with E-state index in [1.54, 1.807) is 0 Å². The van der Waals surface area contributed by atoms with Gasteiger partial charge in [-0.05, 0) is 35.9 Å². The van der Waals surface area contributed by atoms with E-state index in [2.05, 4.69) is 44.0 Å². The Bertz CT molecular complexity index is 458. The highest BCUT2D eigenvalue weighted by Crippen LogP contribution is 2.26. The summed E-state index contributed by atoms with van der Waals surface area (Å²) in [6.07, 6.45) is 3.80. The van der Waals surface area contributed by atoms with Gasteiger partial charge in [0.25, 0.3) is 0 Å². The average Bonchev–Trinajstić information content (AvgIpc) is 2.16. The minimum Gasteiger partial charge on any atom is -0.264 e. The van der Waals surface area contributed by atoms with Gasteiger partial charge >= 0.3 is 0 Å². The van der Waals surface area contributed by atoms with Crippen LogP contribution in [0, 0.1) is 6.92 Å². The molecule has 0 saturated heterocycles. The Morgan fingerprint density at radius 2 is 2.00 bits per heavy atom. The third-order valence-electron chi connectivity index (χ3n) is 2.55. The van der Waals surface area contributed by atoms with Gasteiger partial charge in [-0.15, -0.1) is 0 Å². The summed E-state index contributed by atoms with van der Waals surface area (Å²) in [5.74, 6) is 0.569. The number of hydrogen-bond donors (Lipinski definition) is 0. The van der Waals surface area contributed by atoms with Gasteiger partial charge in [0, 0.05) is 17.8 Å². The summed E-state index contributed by atoms with van der Waals surface area (Å²) in [6, 6.07) is 6.56. The molecule has 0 fully saturated rings. The number of hydrogen-bond acceptors (Lipinski definition) is 1. The van der Waals surface area contributed by atoms with Crippen molar-refractivity contribution < 1.29 is 0 Å². The van der Waals surface area contributed by atoms with Crippen LogP contribution in [0.2, 0.25) is 0 Å². The van der Waals surface area contributed by atoms with E-state index in [0.29, 0.717) is 5.92 Å². The molecule has 1 heteroatoms. The molecular weight excluding hydrogens is 170 g/mol. The van der Waals surface area contributed by atoms with Crippen molar-refractivity contribution >= 4 is 10.8 Å². The Morgan fingerprint density at radius 3 is 2.71 bits per heavy atom. The third-order valence-corrected chi connectivity index (χ3v) is 2.55. The van der Waals surface area contributed by atoms with E-state index in [1.165, 1.54) is 21.9 Å². The minimum atomic E-state index is 0.569. The molecule has 0 aliphatic heterocycles. The molecule has 0 aliphatic rings. The van der Waals surface area contributed by atoms with Gasteiger partial charge in [0.15, 0.2) is 0 Å². The van der Waals surface area contributed by atoms with Crippen LogP contribution in [-0.2, 0) is 0 Å². The number of fused-ring (bicyclic) bond motifs is 1. The van der Waals surface area contributed by atoms with E-state index >= 15 is 0 Å². The highest BCUT2D eigenvalue weighted by atomic mass is 14.6. The smallest absolute Gasteiger partial charge is 0.0346 e. The Morgan fingerprint density at radius 1 is 1.21 bits per heavy atom. The Hall–Kier alpha value is -1.37. The quantitative estimate of drug-likeness (QED) is 0.660. The van der Waals surface area contributed by atoms with Crippen LogP contribution in [-0.4, -0.2) is 4.98 Å². The van der Waals surface area contributed by atoms with E-state index in [9.17, 15) is 0 Å². The molecule has 1 nitrogen and oxygen atoms in total. The number of benzene rings is 1. The Balaban J connectivity index is 2.80. The molecule has 0 unspecified atom stereocenters. The van der Waals surface area contributed by atoms with Crippen LogP contribution in [0.4, 0.5) is 0 Å². The lowest BCUT2D eigenvalue weighted by Crippen LogP contribution is -1.91. The molecule has 1 heterocycles. The second-order valence-corrected chi connectivity index (χ2v) is 4.11. The van der Waals surface area contributed by atoms with Crippen molar-refractivity contribution in [3.63, 3.8) is 0 Å². The van der Waals surface area contributed by atoms with Crippen LogP contribution in [0.15, 0.2) is 30.6 Å². The molecule has 14 heavy (non-hydrogen) atoms. The molecule has 0 spiro atoms. The topological polar surface area (TPSA) is 12.9 Å². The minimum absolute atomic E-state index is 0.569. The van der Waals surface area contributed by atoms with E-state index in [1.807, 2.05) is 12.4 Å². The maximum Gasteiger partial charge on any atom is 0.0346 e. The third kappa shape index (κ3) is 1.50. The maximum absolute atomic E-state index is 4.15. The number of aryl methyl sites for hydroxylation is 1. The standard InChI is InChI=1S/C13H15N/c1-9(2)13-7-10(3)6-11-8-14-5-4-12(11)13/h4-9H,1-3H3. The summed E-state index contributed by atoms with van der Waals surface area (Å²) >= 11 is 0. The van der Waals surface area contributed by atoms with E-state index in [4.69, 9.17) is 0 Å². The monoisotopic (exact) mass is 185 g/mol. The lowest BCUT2D eigenvalue weighted by Gasteiger charge is -2.10. The fourth-order valence-corrected chi connectivity index (χ4v) is 1.87. The van der Waals surface area contributed by atoms with Crippen molar-refractivity contribution in [3.8, 4) is 0 Å². The molecule has 0 atom stereocenters. The van der Waals surface area contributed by atoms with Crippen LogP contribution in [0.25, 0.3) is 10.8 Å². The lowest BCUT2D eigenvalue weighted by atomic mass is 9.95. The van der Waals surface area contributed by atoms with E-state index in [-0.39, 0.29) is 0 Å². The molecular formula is C13H15N. The van der Waals surface area contributed by atoms with E-state index < -0.39 is 0 Å². The van der Waals surface area contributed by atoms with Gasteiger partial charge in [-0.25, -0.2) is 0 Å². The summed E-state index contributed by atoms with van der Waals surface area (Å²) < 4.78 is 0. The van der Waals surface area contributed by atoms with Gasteiger partial charge < -0.3 is 0 Å². The predicted octanol–water partition coefficient (Wildman–Crippen LogP) is 3.67. The molecule has 0 saturated carbocycles. The predicted molar refractivity (Wildman–Crippen MR) is 60.6 cm³/mol. The fourth-order valence-electron chi connectivity index (χ4n) is 1.87. The molecule has 2 aromatic rings.